The van der Waals surface area contributed by atoms with Gasteiger partial charge in [0.05, 0.1) is 29.1 Å². The van der Waals surface area contributed by atoms with Gasteiger partial charge in [-0.05, 0) is 19.4 Å². The van der Waals surface area contributed by atoms with E-state index in [1.54, 1.807) is 12.3 Å². The Kier molecular flexibility index (Phi) is 5.58. The molecule has 1 amide bonds. The van der Waals surface area contributed by atoms with Crippen molar-refractivity contribution in [2.24, 2.45) is 0 Å². The molecular weight excluding hydrogens is 416 g/mol. The highest BCUT2D eigenvalue weighted by Crippen LogP contribution is 2.25. The number of amides is 1. The summed E-state index contributed by atoms with van der Waals surface area (Å²) >= 11 is 1.25. The van der Waals surface area contributed by atoms with E-state index in [0.29, 0.717) is 49.3 Å². The lowest BCUT2D eigenvalue weighted by Gasteiger charge is -2.37. The molecule has 12 heteroatoms. The number of carbonyl (C=O) groups is 1. The minimum absolute atomic E-state index is 0.0118. The van der Waals surface area contributed by atoms with Gasteiger partial charge in [-0.15, -0.1) is 10.2 Å². The second kappa shape index (κ2) is 8.00. The van der Waals surface area contributed by atoms with E-state index in [1.807, 2.05) is 11.8 Å². The number of hydrogen-bond acceptors (Lipinski definition) is 9. The average molecular weight is 441 g/mol. The van der Waals surface area contributed by atoms with Gasteiger partial charge in [-0.1, -0.05) is 11.8 Å². The van der Waals surface area contributed by atoms with Gasteiger partial charge in [-0.2, -0.15) is 0 Å². The zero-order chi connectivity index (χ0) is 20.6. The molecule has 0 saturated carbocycles. The highest BCUT2D eigenvalue weighted by molar-refractivity contribution is 7.99. The Bertz CT molecular complexity index is 993. The Labute approximate surface area is 173 Å². The normalized spacial score (nSPS) is 22.2. The van der Waals surface area contributed by atoms with E-state index in [4.69, 9.17) is 10.3 Å². The van der Waals surface area contributed by atoms with Crippen molar-refractivity contribution in [3.05, 3.63) is 18.1 Å². The molecule has 158 valence electrons. The number of nitrogens with two attached hydrogens (primary N) is 1. The second-order valence-corrected chi connectivity index (χ2v) is 10.5. The molecule has 0 radical (unpaired) electrons. The van der Waals surface area contributed by atoms with E-state index >= 15 is 0 Å². The highest BCUT2D eigenvalue weighted by atomic mass is 32.2. The first-order valence-electron chi connectivity index (χ1n) is 9.44. The first-order valence-corrected chi connectivity index (χ1v) is 12.2. The fraction of sp³-hybridized carbons (Fsp3) is 0.588. The number of aryl methyl sites for hydroxylation is 1. The van der Waals surface area contributed by atoms with Gasteiger partial charge in [0, 0.05) is 32.2 Å². The van der Waals surface area contributed by atoms with Crippen molar-refractivity contribution in [2.45, 2.75) is 24.5 Å². The molecule has 0 aromatic carbocycles. The van der Waals surface area contributed by atoms with Crippen LogP contribution in [0.5, 0.6) is 0 Å². The van der Waals surface area contributed by atoms with Crippen LogP contribution in [0.1, 0.15) is 12.2 Å². The quantitative estimate of drug-likeness (QED) is 0.504. The molecule has 2 aromatic rings. The number of furan rings is 1. The molecule has 4 heterocycles. The van der Waals surface area contributed by atoms with Crippen molar-refractivity contribution in [3.8, 4) is 11.4 Å². The van der Waals surface area contributed by atoms with Gasteiger partial charge in [0.25, 0.3) is 0 Å². The maximum Gasteiger partial charge on any atom is 0.233 e. The molecule has 0 spiro atoms. The van der Waals surface area contributed by atoms with Crippen molar-refractivity contribution in [3.63, 3.8) is 0 Å². The fourth-order valence-electron chi connectivity index (χ4n) is 3.79. The number of nitrogen functional groups attached to an aromatic ring is 1. The average Bonchev–Trinajstić information content (AvgIpc) is 3.38. The number of thioether (sulfide) groups is 1. The monoisotopic (exact) mass is 440 g/mol. The van der Waals surface area contributed by atoms with E-state index in [2.05, 4.69) is 15.1 Å². The van der Waals surface area contributed by atoms with Crippen LogP contribution in [0.3, 0.4) is 0 Å². The van der Waals surface area contributed by atoms with E-state index in [-0.39, 0.29) is 29.2 Å². The highest BCUT2D eigenvalue weighted by Gasteiger charge is 2.34. The maximum absolute atomic E-state index is 12.6. The van der Waals surface area contributed by atoms with E-state index in [0.717, 1.165) is 5.56 Å². The number of carbonyl (C=O) groups excluding carboxylic acids is 1. The Hall–Kier alpha value is -2.05. The van der Waals surface area contributed by atoms with Crippen LogP contribution < -0.4 is 5.84 Å². The maximum atomic E-state index is 12.6. The molecule has 1 unspecified atom stereocenters. The number of aromatic nitrogens is 3. The summed E-state index contributed by atoms with van der Waals surface area (Å²) in [7, 11) is -2.89. The zero-order valence-corrected chi connectivity index (χ0v) is 17.8. The third-order valence-electron chi connectivity index (χ3n) is 5.48. The second-order valence-electron chi connectivity index (χ2n) is 7.33. The fourth-order valence-corrected chi connectivity index (χ4v) is 6.31. The molecule has 2 aliphatic rings. The van der Waals surface area contributed by atoms with Crippen LogP contribution in [0.2, 0.25) is 0 Å². The molecular formula is C17H24N6O4S2. The van der Waals surface area contributed by atoms with Crippen molar-refractivity contribution in [2.75, 3.05) is 49.3 Å². The van der Waals surface area contributed by atoms with Crippen LogP contribution in [0.4, 0.5) is 0 Å². The van der Waals surface area contributed by atoms with Gasteiger partial charge >= 0.3 is 0 Å². The predicted molar refractivity (Wildman–Crippen MR) is 109 cm³/mol. The predicted octanol–water partition coefficient (Wildman–Crippen LogP) is -0.0163. The Morgan fingerprint density at radius 2 is 2.07 bits per heavy atom. The molecule has 4 rings (SSSR count). The number of piperazine rings is 1. The van der Waals surface area contributed by atoms with E-state index in [9.17, 15) is 13.2 Å². The molecule has 10 nitrogen and oxygen atoms in total. The van der Waals surface area contributed by atoms with Crippen LogP contribution in [0.25, 0.3) is 11.4 Å². The summed E-state index contributed by atoms with van der Waals surface area (Å²) in [6, 6.07) is 1.87. The van der Waals surface area contributed by atoms with Crippen molar-refractivity contribution >= 4 is 27.5 Å². The van der Waals surface area contributed by atoms with Crippen molar-refractivity contribution in [1.82, 2.24) is 24.7 Å². The summed E-state index contributed by atoms with van der Waals surface area (Å²) in [6.45, 7) is 4.43. The molecule has 1 atom stereocenters. The summed E-state index contributed by atoms with van der Waals surface area (Å²) in [5.41, 5.74) is 0.767. The topological polar surface area (TPSA) is 128 Å². The van der Waals surface area contributed by atoms with Gasteiger partial charge in [-0.25, -0.2) is 13.1 Å². The van der Waals surface area contributed by atoms with Crippen molar-refractivity contribution in [1.29, 1.82) is 0 Å². The first kappa shape index (κ1) is 20.2. The summed E-state index contributed by atoms with van der Waals surface area (Å²) in [6.07, 6.45) is 2.26. The van der Waals surface area contributed by atoms with Gasteiger partial charge < -0.3 is 15.2 Å². The Morgan fingerprint density at radius 1 is 1.31 bits per heavy atom. The summed E-state index contributed by atoms with van der Waals surface area (Å²) in [5, 5.41) is 8.64. The number of nitrogens with zero attached hydrogens (tertiary/aromatic N) is 5. The minimum atomic E-state index is -2.89. The Balaban J connectivity index is 1.29. The van der Waals surface area contributed by atoms with Gasteiger partial charge in [0.1, 0.15) is 5.76 Å². The molecule has 2 N–H and O–H groups in total. The molecule has 29 heavy (non-hydrogen) atoms. The molecule has 2 fully saturated rings. The molecule has 2 aromatic heterocycles. The molecule has 2 aliphatic heterocycles. The number of rotatable bonds is 5. The van der Waals surface area contributed by atoms with Crippen LogP contribution in [0, 0.1) is 6.92 Å². The van der Waals surface area contributed by atoms with Crippen molar-refractivity contribution < 1.29 is 17.6 Å². The van der Waals surface area contributed by atoms with Crippen LogP contribution >= 0.6 is 11.8 Å². The summed E-state index contributed by atoms with van der Waals surface area (Å²) < 4.78 is 30.0. The summed E-state index contributed by atoms with van der Waals surface area (Å²) in [5.74, 6) is 8.02. The van der Waals surface area contributed by atoms with Gasteiger partial charge in [-0.3, -0.25) is 9.69 Å². The number of hydrogen-bond donors (Lipinski definition) is 1. The van der Waals surface area contributed by atoms with Gasteiger partial charge in [0.2, 0.25) is 11.1 Å². The van der Waals surface area contributed by atoms with Crippen LogP contribution in [-0.2, 0) is 14.6 Å². The largest absolute Gasteiger partial charge is 0.469 e. The minimum Gasteiger partial charge on any atom is -0.469 e. The standard InChI is InChI=1S/C17H24N6O4S2/c1-12-14(2-8-27-12)16-19-20-17(23(16)18)28-10-15(24)22-6-4-21(5-7-22)13-3-9-29(25,26)11-13/h2,8,13H,3-7,9-11,18H2,1H3. The zero-order valence-electron chi connectivity index (χ0n) is 16.2. The lowest BCUT2D eigenvalue weighted by molar-refractivity contribution is -0.130. The smallest absolute Gasteiger partial charge is 0.233 e. The molecule has 0 aliphatic carbocycles. The van der Waals surface area contributed by atoms with Gasteiger partial charge in [0.15, 0.2) is 15.7 Å². The molecule has 0 bridgehead atoms. The van der Waals surface area contributed by atoms with Crippen LogP contribution in [0.15, 0.2) is 21.9 Å². The summed E-state index contributed by atoms with van der Waals surface area (Å²) in [4.78, 5) is 16.6. The molecule has 2 saturated heterocycles. The number of sulfone groups is 1. The lowest BCUT2D eigenvalue weighted by Crippen LogP contribution is -2.52. The van der Waals surface area contributed by atoms with E-state index < -0.39 is 9.84 Å². The third-order valence-corrected chi connectivity index (χ3v) is 8.16. The third kappa shape index (κ3) is 4.28. The lowest BCUT2D eigenvalue weighted by atomic mass is 10.2. The van der Waals surface area contributed by atoms with Crippen LogP contribution in [-0.4, -0.2) is 88.5 Å². The SMILES string of the molecule is Cc1occc1-c1nnc(SCC(=O)N2CCN(C3CCS(=O)(=O)C3)CC2)n1N. The first-order chi connectivity index (χ1) is 13.8. The van der Waals surface area contributed by atoms with E-state index in [1.165, 1.54) is 16.4 Å². The Morgan fingerprint density at radius 3 is 2.69 bits per heavy atom.